The molecule has 0 aliphatic heterocycles. The molecule has 0 saturated heterocycles. The highest BCUT2D eigenvalue weighted by Gasteiger charge is 2.03. The van der Waals surface area contributed by atoms with Crippen molar-refractivity contribution >= 4 is 22.0 Å². The lowest BCUT2D eigenvalue weighted by atomic mass is 10.1. The van der Waals surface area contributed by atoms with Gasteiger partial charge in [-0.2, -0.15) is 0 Å². The van der Waals surface area contributed by atoms with Gasteiger partial charge in [-0.15, -0.1) is 0 Å². The Labute approximate surface area is 89.7 Å². The summed E-state index contributed by atoms with van der Waals surface area (Å²) in [6.07, 6.45) is 1.44. The lowest BCUT2D eigenvalue weighted by Crippen LogP contribution is -1.95. The molecule has 1 aromatic carbocycles. The molecular formula is C9H9BrN2O2. The lowest BCUT2D eigenvalue weighted by molar-refractivity contribution is -0.407. The van der Waals surface area contributed by atoms with Crippen LogP contribution in [0.3, 0.4) is 0 Å². The van der Waals surface area contributed by atoms with Crippen molar-refractivity contribution in [2.45, 2.75) is 6.54 Å². The molecule has 2 N–H and O–H groups in total. The van der Waals surface area contributed by atoms with Crippen molar-refractivity contribution in [3.8, 4) is 0 Å². The number of nitrogens with two attached hydrogens (primary N) is 1. The van der Waals surface area contributed by atoms with Crippen molar-refractivity contribution in [2.75, 3.05) is 0 Å². The lowest BCUT2D eigenvalue weighted by Gasteiger charge is -1.96. The summed E-state index contributed by atoms with van der Waals surface area (Å²) in [5.74, 6) is 0. The van der Waals surface area contributed by atoms with E-state index in [1.165, 1.54) is 6.08 Å². The quantitative estimate of drug-likeness (QED) is 0.512. The zero-order chi connectivity index (χ0) is 10.6. The third-order valence-electron chi connectivity index (χ3n) is 1.68. The fourth-order valence-electron chi connectivity index (χ4n) is 0.940. The molecule has 14 heavy (non-hydrogen) atoms. The van der Waals surface area contributed by atoms with E-state index in [-0.39, 0.29) is 4.61 Å². The maximum absolute atomic E-state index is 10.3. The van der Waals surface area contributed by atoms with Crippen LogP contribution >= 0.6 is 15.9 Å². The summed E-state index contributed by atoms with van der Waals surface area (Å²) in [5, 5.41) is 10.3. The first-order chi connectivity index (χ1) is 6.63. The number of rotatable bonds is 3. The van der Waals surface area contributed by atoms with E-state index in [1.807, 2.05) is 12.1 Å². The molecule has 1 aromatic rings. The van der Waals surface area contributed by atoms with E-state index < -0.39 is 4.92 Å². The Kier molecular flexibility index (Phi) is 3.79. The maximum Gasteiger partial charge on any atom is 0.311 e. The van der Waals surface area contributed by atoms with Gasteiger partial charge in [0.1, 0.15) is 0 Å². The summed E-state index contributed by atoms with van der Waals surface area (Å²) in [4.78, 5) is 9.81. The van der Waals surface area contributed by atoms with E-state index in [9.17, 15) is 10.1 Å². The predicted octanol–water partition coefficient (Wildman–Crippen LogP) is 2.12. The molecular weight excluding hydrogens is 248 g/mol. The average Bonchev–Trinajstić information content (AvgIpc) is 2.19. The number of hydrogen-bond donors (Lipinski definition) is 1. The van der Waals surface area contributed by atoms with Gasteiger partial charge in [0.2, 0.25) is 0 Å². The molecule has 0 heterocycles. The molecule has 0 aliphatic rings. The third kappa shape index (κ3) is 2.93. The molecule has 0 saturated carbocycles. The number of benzene rings is 1. The van der Waals surface area contributed by atoms with Crippen molar-refractivity contribution in [3.05, 3.63) is 50.1 Å². The zero-order valence-corrected chi connectivity index (χ0v) is 8.90. The summed E-state index contributed by atoms with van der Waals surface area (Å²) >= 11 is 2.85. The first kappa shape index (κ1) is 10.9. The van der Waals surface area contributed by atoms with Crippen LogP contribution in [0.4, 0.5) is 0 Å². The molecule has 0 aromatic heterocycles. The molecule has 0 bridgehead atoms. The summed E-state index contributed by atoms with van der Waals surface area (Å²) in [6.45, 7) is 0.473. The van der Waals surface area contributed by atoms with E-state index in [1.54, 1.807) is 12.1 Å². The number of nitro groups is 1. The molecule has 0 aliphatic carbocycles. The van der Waals surface area contributed by atoms with Gasteiger partial charge in [-0.25, -0.2) is 0 Å². The Balaban J connectivity index is 2.88. The van der Waals surface area contributed by atoms with E-state index >= 15 is 0 Å². The molecule has 0 radical (unpaired) electrons. The summed E-state index contributed by atoms with van der Waals surface area (Å²) < 4.78 is -0.0574. The Hall–Kier alpha value is -1.20. The second-order valence-electron chi connectivity index (χ2n) is 2.67. The molecule has 1 rings (SSSR count). The monoisotopic (exact) mass is 256 g/mol. The van der Waals surface area contributed by atoms with Gasteiger partial charge in [-0.3, -0.25) is 10.1 Å². The highest BCUT2D eigenvalue weighted by molar-refractivity contribution is 9.11. The fraction of sp³-hybridized carbons (Fsp3) is 0.111. The first-order valence-corrected chi connectivity index (χ1v) is 4.73. The average molecular weight is 257 g/mol. The van der Waals surface area contributed by atoms with Gasteiger partial charge in [-0.05, 0) is 11.1 Å². The molecule has 74 valence electrons. The van der Waals surface area contributed by atoms with Gasteiger partial charge in [-0.1, -0.05) is 24.3 Å². The number of hydrogen-bond acceptors (Lipinski definition) is 3. The van der Waals surface area contributed by atoms with Gasteiger partial charge in [0.25, 0.3) is 0 Å². The minimum atomic E-state index is -0.489. The van der Waals surface area contributed by atoms with Crippen LogP contribution in [0.1, 0.15) is 11.1 Å². The topological polar surface area (TPSA) is 69.2 Å². The van der Waals surface area contributed by atoms with Crippen LogP contribution in [0.5, 0.6) is 0 Å². The Morgan fingerprint density at radius 1 is 1.50 bits per heavy atom. The SMILES string of the molecule is NCc1ccc(C=C(Br)[N+](=O)[O-])cc1. The largest absolute Gasteiger partial charge is 0.326 e. The van der Waals surface area contributed by atoms with Crippen molar-refractivity contribution in [2.24, 2.45) is 5.73 Å². The minimum Gasteiger partial charge on any atom is -0.326 e. The van der Waals surface area contributed by atoms with Crippen molar-refractivity contribution < 1.29 is 4.92 Å². The van der Waals surface area contributed by atoms with Gasteiger partial charge in [0.05, 0.1) is 4.92 Å². The highest BCUT2D eigenvalue weighted by atomic mass is 79.9. The molecule has 5 heteroatoms. The van der Waals surface area contributed by atoms with Crippen molar-refractivity contribution in [3.63, 3.8) is 0 Å². The van der Waals surface area contributed by atoms with Crippen molar-refractivity contribution in [1.82, 2.24) is 0 Å². The summed E-state index contributed by atoms with van der Waals surface area (Å²) in [6, 6.07) is 7.25. The molecule has 0 fully saturated rings. The Morgan fingerprint density at radius 2 is 2.07 bits per heavy atom. The molecule has 0 atom stereocenters. The zero-order valence-electron chi connectivity index (χ0n) is 7.31. The van der Waals surface area contributed by atoms with E-state index in [0.717, 1.165) is 11.1 Å². The van der Waals surface area contributed by atoms with Gasteiger partial charge >= 0.3 is 4.61 Å². The van der Waals surface area contributed by atoms with Crippen molar-refractivity contribution in [1.29, 1.82) is 0 Å². The van der Waals surface area contributed by atoms with Crippen LogP contribution in [0.15, 0.2) is 28.9 Å². The molecule has 0 amide bonds. The summed E-state index contributed by atoms with van der Waals surface area (Å²) in [5.41, 5.74) is 7.19. The smallest absolute Gasteiger partial charge is 0.311 e. The van der Waals surface area contributed by atoms with Gasteiger partial charge < -0.3 is 5.73 Å². The summed E-state index contributed by atoms with van der Waals surface area (Å²) in [7, 11) is 0. The normalized spacial score (nSPS) is 11.4. The minimum absolute atomic E-state index is 0.0574. The standard InChI is InChI=1S/C9H9BrN2O2/c10-9(12(13)14)5-7-1-3-8(6-11)4-2-7/h1-5H,6,11H2. The second kappa shape index (κ2) is 4.88. The maximum atomic E-state index is 10.3. The van der Waals surface area contributed by atoms with Gasteiger partial charge in [0, 0.05) is 28.6 Å². The molecule has 0 unspecified atom stereocenters. The molecule has 4 nitrogen and oxygen atoms in total. The number of nitrogens with zero attached hydrogens (tertiary/aromatic N) is 1. The molecule has 0 spiro atoms. The predicted molar refractivity (Wildman–Crippen MR) is 58.2 cm³/mol. The van der Waals surface area contributed by atoms with Crippen LogP contribution in [-0.4, -0.2) is 4.92 Å². The third-order valence-corrected chi connectivity index (χ3v) is 2.19. The fourth-order valence-corrected chi connectivity index (χ4v) is 1.20. The van der Waals surface area contributed by atoms with Crippen LogP contribution < -0.4 is 5.73 Å². The first-order valence-electron chi connectivity index (χ1n) is 3.94. The van der Waals surface area contributed by atoms with Crippen LogP contribution in [0.25, 0.3) is 6.08 Å². The van der Waals surface area contributed by atoms with E-state index in [4.69, 9.17) is 5.73 Å². The number of halogens is 1. The second-order valence-corrected chi connectivity index (χ2v) is 3.48. The van der Waals surface area contributed by atoms with Crippen LogP contribution in [-0.2, 0) is 6.54 Å². The van der Waals surface area contributed by atoms with E-state index in [0.29, 0.717) is 6.54 Å². The highest BCUT2D eigenvalue weighted by Crippen LogP contribution is 2.13. The van der Waals surface area contributed by atoms with Crippen LogP contribution in [0, 0.1) is 10.1 Å². The van der Waals surface area contributed by atoms with Gasteiger partial charge in [0.15, 0.2) is 0 Å². The van der Waals surface area contributed by atoms with E-state index in [2.05, 4.69) is 15.9 Å². The Morgan fingerprint density at radius 3 is 2.50 bits per heavy atom. The van der Waals surface area contributed by atoms with Crippen LogP contribution in [0.2, 0.25) is 0 Å². The Bertz CT molecular complexity index is 360.